The molecule has 0 aliphatic carbocycles. The molecule has 7 heteroatoms. The van der Waals surface area contributed by atoms with Crippen molar-refractivity contribution >= 4 is 11.7 Å². The molecule has 0 aliphatic heterocycles. The fourth-order valence-corrected chi connectivity index (χ4v) is 2.92. The van der Waals surface area contributed by atoms with E-state index < -0.39 is 5.97 Å². The van der Waals surface area contributed by atoms with Gasteiger partial charge in [-0.1, -0.05) is 65.8 Å². The van der Waals surface area contributed by atoms with Gasteiger partial charge in [0.2, 0.25) is 0 Å². The van der Waals surface area contributed by atoms with Crippen LogP contribution in [0.2, 0.25) is 0 Å². The molecule has 3 aromatic rings. The van der Waals surface area contributed by atoms with Gasteiger partial charge in [-0.25, -0.2) is 9.78 Å². The Morgan fingerprint density at radius 3 is 2.45 bits per heavy atom. The van der Waals surface area contributed by atoms with Crippen LogP contribution in [0.25, 0.3) is 0 Å². The highest BCUT2D eigenvalue weighted by Gasteiger charge is 2.21. The molecule has 1 unspecified atom stereocenters. The van der Waals surface area contributed by atoms with Gasteiger partial charge in [0, 0.05) is 18.0 Å². The topological polar surface area (TPSA) is 85.9 Å². The highest BCUT2D eigenvalue weighted by Crippen LogP contribution is 2.21. The maximum absolute atomic E-state index is 10.5. The summed E-state index contributed by atoms with van der Waals surface area (Å²) < 4.78 is 7.01. The maximum Gasteiger partial charge on any atom is 0.329 e. The first-order valence-electron chi connectivity index (χ1n) is 9.30. The quantitative estimate of drug-likeness (QED) is 0.307. The largest absolute Gasteiger partial charge is 0.480 e. The van der Waals surface area contributed by atoms with Crippen molar-refractivity contribution in [3.63, 3.8) is 0 Å². The zero-order chi connectivity index (χ0) is 20.3. The number of aromatic nitrogens is 2. The number of carbonyl (C=O) groups is 1. The fourth-order valence-electron chi connectivity index (χ4n) is 2.92. The van der Waals surface area contributed by atoms with Crippen LogP contribution in [-0.2, 0) is 20.8 Å². The third kappa shape index (κ3) is 6.29. The van der Waals surface area contributed by atoms with Crippen molar-refractivity contribution in [1.82, 2.24) is 9.55 Å². The van der Waals surface area contributed by atoms with Crippen LogP contribution in [-0.4, -0.2) is 46.2 Å². The summed E-state index contributed by atoms with van der Waals surface area (Å²) in [7, 11) is 0. The molecule has 3 rings (SSSR count). The van der Waals surface area contributed by atoms with Gasteiger partial charge in [0.25, 0.3) is 0 Å². The van der Waals surface area contributed by atoms with Crippen molar-refractivity contribution in [2.75, 3.05) is 19.8 Å². The van der Waals surface area contributed by atoms with E-state index in [0.717, 1.165) is 11.3 Å². The molecule has 7 nitrogen and oxygen atoms in total. The summed E-state index contributed by atoms with van der Waals surface area (Å²) in [6.45, 7) is -0.0534. The number of carboxylic acid groups (broad SMARTS) is 1. The van der Waals surface area contributed by atoms with Gasteiger partial charge in [-0.15, -0.1) is 0 Å². The van der Waals surface area contributed by atoms with Gasteiger partial charge in [0.1, 0.15) is 18.9 Å². The van der Waals surface area contributed by atoms with E-state index in [2.05, 4.69) is 22.3 Å². The predicted molar refractivity (Wildman–Crippen MR) is 109 cm³/mol. The summed E-state index contributed by atoms with van der Waals surface area (Å²) in [6.07, 6.45) is 6.12. The zero-order valence-corrected chi connectivity index (χ0v) is 15.9. The molecule has 1 atom stereocenters. The van der Waals surface area contributed by atoms with Gasteiger partial charge in [-0.2, -0.15) is 0 Å². The third-order valence-electron chi connectivity index (χ3n) is 4.25. The summed E-state index contributed by atoms with van der Waals surface area (Å²) >= 11 is 0. The van der Waals surface area contributed by atoms with E-state index in [0.29, 0.717) is 6.42 Å². The van der Waals surface area contributed by atoms with Crippen LogP contribution in [0.1, 0.15) is 17.2 Å². The number of hydrogen-bond donors (Lipinski definition) is 1. The standard InChI is InChI=1S/C22H23N3O4/c26-21(27)16-28-13-14-29-24-22(19-9-5-2-6-10-19)20(25-12-11-23-17-25)15-18-7-3-1-4-8-18/h1-12,17,20H,13-16H2,(H,26,27)/b24-22-. The summed E-state index contributed by atoms with van der Waals surface area (Å²) in [5.74, 6) is -1.01. The number of imidazole rings is 1. The summed E-state index contributed by atoms with van der Waals surface area (Å²) in [5.41, 5.74) is 2.86. The first-order chi connectivity index (χ1) is 14.2. The second-order valence-electron chi connectivity index (χ2n) is 6.34. The van der Waals surface area contributed by atoms with Crippen LogP contribution in [0.3, 0.4) is 0 Å². The average Bonchev–Trinajstić information content (AvgIpc) is 3.28. The molecular weight excluding hydrogens is 370 g/mol. The van der Waals surface area contributed by atoms with Crippen molar-refractivity contribution in [3.8, 4) is 0 Å². The van der Waals surface area contributed by atoms with E-state index in [-0.39, 0.29) is 25.9 Å². The highest BCUT2D eigenvalue weighted by molar-refractivity contribution is 6.03. The molecule has 0 aliphatic rings. The number of nitrogens with zero attached hydrogens (tertiary/aromatic N) is 3. The Morgan fingerprint density at radius 2 is 1.79 bits per heavy atom. The number of ether oxygens (including phenoxy) is 1. The predicted octanol–water partition coefficient (Wildman–Crippen LogP) is 3.19. The van der Waals surface area contributed by atoms with E-state index in [1.165, 1.54) is 5.56 Å². The molecule has 0 amide bonds. The molecule has 29 heavy (non-hydrogen) atoms. The Hall–Kier alpha value is -3.45. The van der Waals surface area contributed by atoms with Gasteiger partial charge < -0.3 is 19.2 Å². The van der Waals surface area contributed by atoms with Crippen LogP contribution in [0.5, 0.6) is 0 Å². The van der Waals surface area contributed by atoms with Crippen molar-refractivity contribution in [3.05, 3.63) is 90.5 Å². The summed E-state index contributed by atoms with van der Waals surface area (Å²) in [4.78, 5) is 20.2. The lowest BCUT2D eigenvalue weighted by atomic mass is 9.96. The molecule has 1 heterocycles. The van der Waals surface area contributed by atoms with Crippen LogP contribution in [0.4, 0.5) is 0 Å². The van der Waals surface area contributed by atoms with Crippen LogP contribution in [0, 0.1) is 0 Å². The molecule has 1 N–H and O–H groups in total. The molecule has 2 aromatic carbocycles. The molecule has 0 bridgehead atoms. The van der Waals surface area contributed by atoms with Gasteiger partial charge in [-0.3, -0.25) is 0 Å². The number of carboxylic acids is 1. The molecule has 0 spiro atoms. The average molecular weight is 393 g/mol. The Balaban J connectivity index is 1.83. The lowest BCUT2D eigenvalue weighted by molar-refractivity contribution is -0.142. The molecule has 150 valence electrons. The van der Waals surface area contributed by atoms with Gasteiger partial charge in [0.05, 0.1) is 19.0 Å². The van der Waals surface area contributed by atoms with Crippen LogP contribution in [0.15, 0.2) is 84.5 Å². The molecule has 0 saturated carbocycles. The van der Waals surface area contributed by atoms with Gasteiger partial charge in [0.15, 0.2) is 0 Å². The Bertz CT molecular complexity index is 896. The van der Waals surface area contributed by atoms with Crippen LogP contribution >= 0.6 is 0 Å². The number of benzene rings is 2. The number of oxime groups is 1. The van der Waals surface area contributed by atoms with E-state index in [9.17, 15) is 4.79 Å². The normalized spacial score (nSPS) is 12.5. The second-order valence-corrected chi connectivity index (χ2v) is 6.34. The number of rotatable bonds is 11. The number of aliphatic carboxylic acids is 1. The SMILES string of the molecule is O=C(O)COCCO/N=C(/c1ccccc1)C(Cc1ccccc1)n1ccnc1. The third-order valence-corrected chi connectivity index (χ3v) is 4.25. The number of hydrogen-bond acceptors (Lipinski definition) is 5. The Morgan fingerprint density at radius 1 is 1.07 bits per heavy atom. The molecular formula is C22H23N3O4. The first kappa shape index (κ1) is 20.3. The van der Waals surface area contributed by atoms with Crippen LogP contribution < -0.4 is 0 Å². The van der Waals surface area contributed by atoms with Crippen molar-refractivity contribution < 1.29 is 19.5 Å². The zero-order valence-electron chi connectivity index (χ0n) is 15.9. The monoisotopic (exact) mass is 393 g/mol. The molecule has 1 aromatic heterocycles. The molecule has 0 fully saturated rings. The minimum absolute atomic E-state index is 0.123. The summed E-state index contributed by atoms with van der Waals surface area (Å²) in [6, 6.07) is 19.9. The second kappa shape index (κ2) is 10.8. The fraction of sp³-hybridized carbons (Fsp3) is 0.227. The van der Waals surface area contributed by atoms with E-state index in [1.807, 2.05) is 59.3 Å². The lowest BCUT2D eigenvalue weighted by Crippen LogP contribution is -2.23. The minimum Gasteiger partial charge on any atom is -0.480 e. The molecule has 0 radical (unpaired) electrons. The smallest absolute Gasteiger partial charge is 0.329 e. The maximum atomic E-state index is 10.5. The first-order valence-corrected chi connectivity index (χ1v) is 9.30. The van der Waals surface area contributed by atoms with Crippen molar-refractivity contribution in [2.24, 2.45) is 5.16 Å². The lowest BCUT2D eigenvalue weighted by Gasteiger charge is -2.21. The van der Waals surface area contributed by atoms with Crippen molar-refractivity contribution in [1.29, 1.82) is 0 Å². The van der Waals surface area contributed by atoms with Crippen molar-refractivity contribution in [2.45, 2.75) is 12.5 Å². The van der Waals surface area contributed by atoms with Gasteiger partial charge in [-0.05, 0) is 12.0 Å². The summed E-state index contributed by atoms with van der Waals surface area (Å²) in [5, 5.41) is 13.0. The van der Waals surface area contributed by atoms with E-state index in [1.54, 1.807) is 12.5 Å². The minimum atomic E-state index is -1.01. The highest BCUT2D eigenvalue weighted by atomic mass is 16.6. The Labute approximate surface area is 169 Å². The van der Waals surface area contributed by atoms with E-state index in [4.69, 9.17) is 14.7 Å². The van der Waals surface area contributed by atoms with E-state index >= 15 is 0 Å². The Kier molecular flexibility index (Phi) is 7.54. The molecule has 0 saturated heterocycles. The van der Waals surface area contributed by atoms with Gasteiger partial charge >= 0.3 is 5.97 Å².